The lowest BCUT2D eigenvalue weighted by atomic mass is 10.2. The topological polar surface area (TPSA) is 98.5 Å². The van der Waals surface area contributed by atoms with Crippen LogP contribution >= 0.6 is 23.2 Å². The molecule has 0 aliphatic heterocycles. The third-order valence-electron chi connectivity index (χ3n) is 2.43. The fourth-order valence-electron chi connectivity index (χ4n) is 1.51. The fourth-order valence-corrected chi connectivity index (χ4v) is 2.98. The molecule has 1 amide bonds. The number of hydrogen-bond donors (Lipinski definition) is 2. The number of primary sulfonamides is 1. The lowest BCUT2D eigenvalue weighted by Gasteiger charge is -2.12. The molecule has 0 fully saturated rings. The number of carbonyl (C=O) groups is 1. The van der Waals surface area contributed by atoms with Crippen LogP contribution < -0.4 is 10.5 Å². The van der Waals surface area contributed by atoms with Crippen molar-refractivity contribution >= 4 is 39.1 Å². The number of nitrogens with one attached hydrogen (secondary N) is 1. The number of hydrogen-bond acceptors (Lipinski definition) is 4. The van der Waals surface area contributed by atoms with E-state index >= 15 is 0 Å². The summed E-state index contributed by atoms with van der Waals surface area (Å²) in [5.41, 5.74) is -0.130. The summed E-state index contributed by atoms with van der Waals surface area (Å²) in [5.74, 6) is -0.595. The molecule has 0 radical (unpaired) electrons. The second-order valence-electron chi connectivity index (χ2n) is 4.45. The van der Waals surface area contributed by atoms with E-state index in [0.717, 1.165) is 6.07 Å². The van der Waals surface area contributed by atoms with E-state index in [-0.39, 0.29) is 33.2 Å². The highest BCUT2D eigenvalue weighted by Gasteiger charge is 2.22. The Bertz CT molecular complexity index is 632. The van der Waals surface area contributed by atoms with E-state index in [0.29, 0.717) is 6.61 Å². The second kappa shape index (κ2) is 7.42. The summed E-state index contributed by atoms with van der Waals surface area (Å²) in [6.07, 6.45) is 0.0415. The molecule has 118 valence electrons. The van der Waals surface area contributed by atoms with Crippen LogP contribution in [0.5, 0.6) is 0 Å². The number of halogens is 2. The third-order valence-corrected chi connectivity index (χ3v) is 4.20. The van der Waals surface area contributed by atoms with Crippen LogP contribution in [0.2, 0.25) is 10.0 Å². The fraction of sp³-hybridized carbons (Fsp3) is 0.417. The Balaban J connectivity index is 2.94. The van der Waals surface area contributed by atoms with Crippen LogP contribution in [0.3, 0.4) is 0 Å². The molecule has 0 aliphatic carbocycles. The molecule has 0 atom stereocenters. The van der Waals surface area contributed by atoms with E-state index in [2.05, 4.69) is 5.32 Å². The maximum Gasteiger partial charge on any atom is 0.254 e. The van der Waals surface area contributed by atoms with E-state index in [1.807, 2.05) is 13.8 Å². The van der Waals surface area contributed by atoms with Gasteiger partial charge in [-0.1, -0.05) is 23.2 Å². The normalized spacial score (nSPS) is 11.7. The minimum absolute atomic E-state index is 0.0367. The van der Waals surface area contributed by atoms with Crippen molar-refractivity contribution in [3.05, 3.63) is 27.7 Å². The molecule has 1 aromatic rings. The zero-order valence-electron chi connectivity index (χ0n) is 11.5. The Hall–Kier alpha value is -0.860. The van der Waals surface area contributed by atoms with Gasteiger partial charge in [0.25, 0.3) is 5.91 Å². The molecule has 0 spiro atoms. The largest absolute Gasteiger partial charge is 0.377 e. The van der Waals surface area contributed by atoms with Gasteiger partial charge in [0, 0.05) is 6.54 Å². The Morgan fingerprint density at radius 3 is 2.52 bits per heavy atom. The van der Waals surface area contributed by atoms with Crippen LogP contribution in [0.4, 0.5) is 0 Å². The zero-order valence-corrected chi connectivity index (χ0v) is 13.8. The van der Waals surface area contributed by atoms with Crippen molar-refractivity contribution < 1.29 is 17.9 Å². The molecule has 0 bridgehead atoms. The zero-order chi connectivity index (χ0) is 16.2. The predicted molar refractivity (Wildman–Crippen MR) is 81.3 cm³/mol. The van der Waals surface area contributed by atoms with Gasteiger partial charge in [-0.15, -0.1) is 0 Å². The first-order chi connectivity index (χ1) is 9.64. The number of benzene rings is 1. The standard InChI is InChI=1S/C12H16Cl2N2O4S/c1-7(2)20-6-5-16-12(17)10-8(13)3-4-9(11(10)14)21(15,18)19/h3-4,7H,5-6H2,1-2H3,(H,16,17)(H2,15,18,19). The SMILES string of the molecule is CC(C)OCCNC(=O)c1c(Cl)ccc(S(N)(=O)=O)c1Cl. The molecule has 9 heteroatoms. The van der Waals surface area contributed by atoms with E-state index in [4.69, 9.17) is 33.1 Å². The van der Waals surface area contributed by atoms with Crippen LogP contribution in [0.15, 0.2) is 17.0 Å². The molecule has 1 rings (SSSR count). The quantitative estimate of drug-likeness (QED) is 0.760. The van der Waals surface area contributed by atoms with Crippen LogP contribution in [0.25, 0.3) is 0 Å². The Labute approximate surface area is 133 Å². The molecule has 0 saturated carbocycles. The summed E-state index contributed by atoms with van der Waals surface area (Å²) in [4.78, 5) is 11.7. The molecular formula is C12H16Cl2N2O4S. The van der Waals surface area contributed by atoms with Crippen molar-refractivity contribution in [2.24, 2.45) is 5.14 Å². The number of rotatable bonds is 6. The highest BCUT2D eigenvalue weighted by molar-refractivity contribution is 7.89. The van der Waals surface area contributed by atoms with Gasteiger partial charge in [-0.2, -0.15) is 0 Å². The number of carbonyl (C=O) groups excluding carboxylic acids is 1. The molecule has 21 heavy (non-hydrogen) atoms. The Morgan fingerprint density at radius 1 is 1.38 bits per heavy atom. The Morgan fingerprint density at radius 2 is 2.00 bits per heavy atom. The van der Waals surface area contributed by atoms with Crippen molar-refractivity contribution in [2.45, 2.75) is 24.8 Å². The summed E-state index contributed by atoms with van der Waals surface area (Å²) < 4.78 is 28.0. The van der Waals surface area contributed by atoms with E-state index in [1.54, 1.807) is 0 Å². The van der Waals surface area contributed by atoms with Crippen molar-refractivity contribution in [1.29, 1.82) is 0 Å². The molecule has 0 heterocycles. The van der Waals surface area contributed by atoms with Gasteiger partial charge in [-0.05, 0) is 26.0 Å². The molecular weight excluding hydrogens is 339 g/mol. The lowest BCUT2D eigenvalue weighted by molar-refractivity contribution is 0.0746. The average Bonchev–Trinajstić information content (AvgIpc) is 2.32. The maximum absolute atomic E-state index is 12.0. The van der Waals surface area contributed by atoms with E-state index in [1.165, 1.54) is 6.07 Å². The van der Waals surface area contributed by atoms with E-state index in [9.17, 15) is 13.2 Å². The second-order valence-corrected chi connectivity index (χ2v) is 6.77. The predicted octanol–water partition coefficient (Wildman–Crippen LogP) is 1.80. The van der Waals surface area contributed by atoms with Crippen molar-refractivity contribution in [3.8, 4) is 0 Å². The van der Waals surface area contributed by atoms with Crippen LogP contribution in [0.1, 0.15) is 24.2 Å². The summed E-state index contributed by atoms with van der Waals surface area (Å²) in [5, 5.41) is 7.31. The number of amides is 1. The Kier molecular flexibility index (Phi) is 6.42. The minimum atomic E-state index is -4.04. The van der Waals surface area contributed by atoms with Gasteiger partial charge in [0.1, 0.15) is 4.90 Å². The van der Waals surface area contributed by atoms with Gasteiger partial charge >= 0.3 is 0 Å². The first kappa shape index (κ1) is 18.2. The summed E-state index contributed by atoms with van der Waals surface area (Å²) in [6.45, 7) is 4.28. The smallest absolute Gasteiger partial charge is 0.254 e. The molecule has 3 N–H and O–H groups in total. The lowest BCUT2D eigenvalue weighted by Crippen LogP contribution is -2.29. The molecule has 0 aromatic heterocycles. The third kappa shape index (κ3) is 5.12. The number of ether oxygens (including phenoxy) is 1. The number of sulfonamides is 1. The summed E-state index contributed by atoms with van der Waals surface area (Å²) in [6, 6.07) is 2.41. The molecule has 6 nitrogen and oxygen atoms in total. The van der Waals surface area contributed by atoms with Crippen LogP contribution in [0, 0.1) is 0 Å². The molecule has 0 aliphatic rings. The average molecular weight is 355 g/mol. The monoisotopic (exact) mass is 354 g/mol. The van der Waals surface area contributed by atoms with Crippen molar-refractivity contribution in [3.63, 3.8) is 0 Å². The van der Waals surface area contributed by atoms with Crippen molar-refractivity contribution in [2.75, 3.05) is 13.2 Å². The maximum atomic E-state index is 12.0. The van der Waals surface area contributed by atoms with Gasteiger partial charge in [-0.3, -0.25) is 4.79 Å². The van der Waals surface area contributed by atoms with Gasteiger partial charge in [0.05, 0.1) is 28.3 Å². The molecule has 1 aromatic carbocycles. The highest BCUT2D eigenvalue weighted by atomic mass is 35.5. The summed E-state index contributed by atoms with van der Waals surface area (Å²) >= 11 is 11.8. The first-order valence-corrected chi connectivity index (χ1v) is 8.35. The minimum Gasteiger partial charge on any atom is -0.377 e. The van der Waals surface area contributed by atoms with Gasteiger partial charge in [0.15, 0.2) is 0 Å². The van der Waals surface area contributed by atoms with E-state index < -0.39 is 15.9 Å². The first-order valence-electron chi connectivity index (χ1n) is 6.05. The molecule has 0 saturated heterocycles. The number of nitrogens with two attached hydrogens (primary N) is 1. The van der Waals surface area contributed by atoms with Gasteiger partial charge < -0.3 is 10.1 Å². The van der Waals surface area contributed by atoms with Crippen LogP contribution in [-0.4, -0.2) is 33.6 Å². The van der Waals surface area contributed by atoms with Crippen LogP contribution in [-0.2, 0) is 14.8 Å². The van der Waals surface area contributed by atoms with Gasteiger partial charge in [0.2, 0.25) is 10.0 Å². The molecule has 0 unspecified atom stereocenters. The summed E-state index contributed by atoms with van der Waals surface area (Å²) in [7, 11) is -4.04. The van der Waals surface area contributed by atoms with Crippen molar-refractivity contribution in [1.82, 2.24) is 5.32 Å². The highest BCUT2D eigenvalue weighted by Crippen LogP contribution is 2.30. The van der Waals surface area contributed by atoms with Gasteiger partial charge in [-0.25, -0.2) is 13.6 Å².